The summed E-state index contributed by atoms with van der Waals surface area (Å²) in [6, 6.07) is 6.56. The lowest BCUT2D eigenvalue weighted by Crippen LogP contribution is -2.29. The predicted molar refractivity (Wildman–Crippen MR) is 86.5 cm³/mol. The van der Waals surface area contributed by atoms with Crippen LogP contribution >= 0.6 is 0 Å². The van der Waals surface area contributed by atoms with Crippen LogP contribution in [0.5, 0.6) is 0 Å². The van der Waals surface area contributed by atoms with E-state index in [1.165, 1.54) is 0 Å². The zero-order valence-corrected chi connectivity index (χ0v) is 14.0. The highest BCUT2D eigenvalue weighted by molar-refractivity contribution is 7.89. The highest BCUT2D eigenvalue weighted by atomic mass is 32.2. The minimum Gasteiger partial charge on any atom is -0.481 e. The summed E-state index contributed by atoms with van der Waals surface area (Å²) in [4.78, 5) is 22.5. The monoisotopic (exact) mass is 342 g/mol. The van der Waals surface area contributed by atoms with Gasteiger partial charge in [-0.3, -0.25) is 9.59 Å². The zero-order valence-electron chi connectivity index (χ0n) is 13.2. The number of rotatable bonds is 9. The maximum absolute atomic E-state index is 11.9. The number of carbonyl (C=O) groups is 2. The Morgan fingerprint density at radius 3 is 2.35 bits per heavy atom. The fourth-order valence-electron chi connectivity index (χ4n) is 1.81. The normalized spacial score (nSPS) is 12.6. The van der Waals surface area contributed by atoms with Gasteiger partial charge >= 0.3 is 5.97 Å². The minimum absolute atomic E-state index is 0.00318. The average molecular weight is 342 g/mol. The fraction of sp³-hybridized carbons (Fsp3) is 0.467. The van der Waals surface area contributed by atoms with Gasteiger partial charge in [0.25, 0.3) is 5.91 Å². The van der Waals surface area contributed by atoms with Crippen molar-refractivity contribution in [1.82, 2.24) is 10.0 Å². The molecule has 1 aromatic carbocycles. The highest BCUT2D eigenvalue weighted by Crippen LogP contribution is 2.06. The minimum atomic E-state index is -3.25. The van der Waals surface area contributed by atoms with Crippen molar-refractivity contribution >= 4 is 21.9 Å². The molecule has 3 N–H and O–H groups in total. The molecule has 128 valence electrons. The van der Waals surface area contributed by atoms with E-state index < -0.39 is 16.0 Å². The van der Waals surface area contributed by atoms with Crippen LogP contribution in [0.2, 0.25) is 0 Å². The summed E-state index contributed by atoms with van der Waals surface area (Å²) in [5, 5.41) is 11.3. The van der Waals surface area contributed by atoms with E-state index in [9.17, 15) is 18.0 Å². The molecule has 0 aliphatic rings. The smallest absolute Gasteiger partial charge is 0.303 e. The second kappa shape index (κ2) is 8.64. The second-order valence-corrected chi connectivity index (χ2v) is 7.43. The maximum Gasteiger partial charge on any atom is 0.303 e. The number of carboxylic acid groups (broad SMARTS) is 1. The zero-order chi connectivity index (χ0) is 17.5. The summed E-state index contributed by atoms with van der Waals surface area (Å²) in [5.74, 6) is -1.32. The summed E-state index contributed by atoms with van der Waals surface area (Å²) in [6.07, 6.45) is -0.00318. The van der Waals surface area contributed by atoms with Gasteiger partial charge in [0.05, 0.1) is 5.75 Å². The third-order valence-corrected chi connectivity index (χ3v) is 4.57. The number of hydrogen-bond donors (Lipinski definition) is 3. The van der Waals surface area contributed by atoms with Gasteiger partial charge in [-0.1, -0.05) is 19.1 Å². The van der Waals surface area contributed by atoms with Gasteiger partial charge in [-0.2, -0.15) is 0 Å². The van der Waals surface area contributed by atoms with Crippen molar-refractivity contribution in [2.45, 2.75) is 26.8 Å². The number of benzene rings is 1. The molecule has 8 heteroatoms. The van der Waals surface area contributed by atoms with E-state index in [0.717, 1.165) is 5.56 Å². The molecule has 1 rings (SSSR count). The average Bonchev–Trinajstić information content (AvgIpc) is 2.50. The summed E-state index contributed by atoms with van der Waals surface area (Å²) < 4.78 is 25.2. The molecule has 0 spiro atoms. The van der Waals surface area contributed by atoms with Crippen LogP contribution in [-0.4, -0.2) is 37.7 Å². The fourth-order valence-corrected chi connectivity index (χ4v) is 2.40. The van der Waals surface area contributed by atoms with Crippen molar-refractivity contribution in [3.8, 4) is 0 Å². The predicted octanol–water partition coefficient (Wildman–Crippen LogP) is 0.967. The van der Waals surface area contributed by atoms with E-state index in [2.05, 4.69) is 10.0 Å². The van der Waals surface area contributed by atoms with Crippen LogP contribution in [0.25, 0.3) is 0 Å². The number of amides is 1. The Labute approximate surface area is 136 Å². The third kappa shape index (κ3) is 7.25. The summed E-state index contributed by atoms with van der Waals surface area (Å²) in [5.41, 5.74) is 1.19. The van der Waals surface area contributed by atoms with Crippen molar-refractivity contribution in [3.05, 3.63) is 35.4 Å². The van der Waals surface area contributed by atoms with Gasteiger partial charge in [0, 0.05) is 25.1 Å². The van der Waals surface area contributed by atoms with Gasteiger partial charge in [-0.15, -0.1) is 0 Å². The highest BCUT2D eigenvalue weighted by Gasteiger charge is 2.11. The standard InChI is InChI=1S/C15H22N2O5S/c1-3-23(21,22)17-10-12-4-6-13(7-5-12)15(20)16-9-11(2)8-14(18)19/h4-7,11,17H,3,8-10H2,1-2H3,(H,16,20)(H,18,19). The topological polar surface area (TPSA) is 113 Å². The molecule has 7 nitrogen and oxygen atoms in total. The molecule has 1 amide bonds. The third-order valence-electron chi connectivity index (χ3n) is 3.23. The van der Waals surface area contributed by atoms with Crippen LogP contribution in [0.4, 0.5) is 0 Å². The van der Waals surface area contributed by atoms with Gasteiger partial charge in [0.15, 0.2) is 0 Å². The molecule has 0 bridgehead atoms. The van der Waals surface area contributed by atoms with Crippen LogP contribution in [-0.2, 0) is 21.4 Å². The maximum atomic E-state index is 11.9. The van der Waals surface area contributed by atoms with Crippen LogP contribution in [0.3, 0.4) is 0 Å². The summed E-state index contributed by atoms with van der Waals surface area (Å²) in [7, 11) is -3.25. The molecule has 23 heavy (non-hydrogen) atoms. The van der Waals surface area contributed by atoms with Crippen LogP contribution in [0, 0.1) is 5.92 Å². The van der Waals surface area contributed by atoms with Crippen molar-refractivity contribution in [2.75, 3.05) is 12.3 Å². The van der Waals surface area contributed by atoms with Crippen molar-refractivity contribution < 1.29 is 23.1 Å². The Morgan fingerprint density at radius 2 is 1.83 bits per heavy atom. The lowest BCUT2D eigenvalue weighted by atomic mass is 10.1. The lowest BCUT2D eigenvalue weighted by molar-refractivity contribution is -0.137. The van der Waals surface area contributed by atoms with E-state index >= 15 is 0 Å². The van der Waals surface area contributed by atoms with Crippen LogP contribution in [0.1, 0.15) is 36.2 Å². The Kier molecular flexibility index (Phi) is 7.18. The number of hydrogen-bond acceptors (Lipinski definition) is 4. The van der Waals surface area contributed by atoms with E-state index in [4.69, 9.17) is 5.11 Å². The second-order valence-electron chi connectivity index (χ2n) is 5.33. The van der Waals surface area contributed by atoms with Crippen molar-refractivity contribution in [3.63, 3.8) is 0 Å². The largest absolute Gasteiger partial charge is 0.481 e. The van der Waals surface area contributed by atoms with Crippen LogP contribution in [0.15, 0.2) is 24.3 Å². The molecule has 0 aliphatic heterocycles. The molecule has 0 saturated heterocycles. The first-order valence-corrected chi connectivity index (χ1v) is 8.95. The van der Waals surface area contributed by atoms with Gasteiger partial charge in [-0.25, -0.2) is 13.1 Å². The molecule has 1 atom stereocenters. The summed E-state index contributed by atoms with van der Waals surface area (Å²) in [6.45, 7) is 3.76. The number of sulfonamides is 1. The Morgan fingerprint density at radius 1 is 1.22 bits per heavy atom. The van der Waals surface area contributed by atoms with Crippen molar-refractivity contribution in [2.24, 2.45) is 5.92 Å². The van der Waals surface area contributed by atoms with Gasteiger partial charge in [0.1, 0.15) is 0 Å². The molecular weight excluding hydrogens is 320 g/mol. The summed E-state index contributed by atoms with van der Waals surface area (Å²) >= 11 is 0. The van der Waals surface area contributed by atoms with E-state index in [1.807, 2.05) is 0 Å². The van der Waals surface area contributed by atoms with E-state index in [-0.39, 0.29) is 37.1 Å². The first-order valence-electron chi connectivity index (χ1n) is 7.29. The number of carboxylic acids is 1. The molecule has 0 aromatic heterocycles. The molecule has 1 unspecified atom stereocenters. The Hall–Kier alpha value is -1.93. The van der Waals surface area contributed by atoms with E-state index in [0.29, 0.717) is 5.56 Å². The Balaban J connectivity index is 2.52. The number of carbonyl (C=O) groups excluding carboxylic acids is 1. The van der Waals surface area contributed by atoms with Crippen molar-refractivity contribution in [1.29, 1.82) is 0 Å². The molecule has 0 fully saturated rings. The molecule has 0 saturated carbocycles. The molecule has 1 aromatic rings. The van der Waals surface area contributed by atoms with Gasteiger partial charge < -0.3 is 10.4 Å². The van der Waals surface area contributed by atoms with Gasteiger partial charge in [0.2, 0.25) is 10.0 Å². The Bertz CT molecular complexity index is 640. The number of aliphatic carboxylic acids is 1. The van der Waals surface area contributed by atoms with Gasteiger partial charge in [-0.05, 0) is 30.5 Å². The lowest BCUT2D eigenvalue weighted by Gasteiger charge is -2.11. The molecule has 0 heterocycles. The van der Waals surface area contributed by atoms with Crippen LogP contribution < -0.4 is 10.0 Å². The van der Waals surface area contributed by atoms with E-state index in [1.54, 1.807) is 38.1 Å². The quantitative estimate of drug-likeness (QED) is 0.619. The number of nitrogens with one attached hydrogen (secondary N) is 2. The molecule has 0 aliphatic carbocycles. The molecular formula is C15H22N2O5S. The first kappa shape index (κ1) is 19.1. The first-order chi connectivity index (χ1) is 10.7. The molecule has 0 radical (unpaired) electrons. The SMILES string of the molecule is CCS(=O)(=O)NCc1ccc(C(=O)NCC(C)CC(=O)O)cc1.